The number of rotatable bonds is 9. The molecule has 162 valence electrons. The summed E-state index contributed by atoms with van der Waals surface area (Å²) in [6, 6.07) is 17.0. The lowest BCUT2D eigenvalue weighted by atomic mass is 10.1. The zero-order valence-corrected chi connectivity index (χ0v) is 19.3. The Labute approximate surface area is 184 Å². The van der Waals surface area contributed by atoms with Crippen molar-refractivity contribution in [1.82, 2.24) is 10.2 Å². The minimum atomic E-state index is -0.579. The molecular weight excluding hydrogens is 396 g/mol. The molecule has 0 aliphatic heterocycles. The van der Waals surface area contributed by atoms with Crippen LogP contribution in [0.4, 0.5) is 0 Å². The van der Waals surface area contributed by atoms with E-state index in [2.05, 4.69) is 5.32 Å². The van der Waals surface area contributed by atoms with Gasteiger partial charge in [-0.2, -0.15) is 0 Å². The molecule has 0 aromatic heterocycles. The van der Waals surface area contributed by atoms with Crippen LogP contribution >= 0.6 is 11.8 Å². The molecule has 1 unspecified atom stereocenters. The summed E-state index contributed by atoms with van der Waals surface area (Å²) in [5, 5.41) is 2.98. The van der Waals surface area contributed by atoms with Crippen LogP contribution in [0.3, 0.4) is 0 Å². The average molecular weight is 429 g/mol. The first-order valence-corrected chi connectivity index (χ1v) is 11.1. The highest BCUT2D eigenvalue weighted by atomic mass is 32.2. The molecule has 2 aromatic carbocycles. The molecule has 5 nitrogen and oxygen atoms in total. The predicted molar refractivity (Wildman–Crippen MR) is 123 cm³/mol. The molecule has 0 radical (unpaired) electrons. The Morgan fingerprint density at radius 3 is 2.43 bits per heavy atom. The fourth-order valence-electron chi connectivity index (χ4n) is 2.94. The van der Waals surface area contributed by atoms with Crippen molar-refractivity contribution in [3.63, 3.8) is 0 Å². The Hall–Kier alpha value is -2.47. The molecule has 0 fully saturated rings. The molecule has 0 saturated heterocycles. The van der Waals surface area contributed by atoms with Crippen molar-refractivity contribution in [2.75, 3.05) is 12.9 Å². The zero-order valence-electron chi connectivity index (χ0n) is 18.5. The Morgan fingerprint density at radius 2 is 1.80 bits per heavy atom. The van der Waals surface area contributed by atoms with Gasteiger partial charge in [0.15, 0.2) is 0 Å². The first-order chi connectivity index (χ1) is 14.2. The number of carbonyl (C=O) groups is 2. The highest BCUT2D eigenvalue weighted by Gasteiger charge is 2.28. The minimum absolute atomic E-state index is 0.0437. The standard InChI is InChI=1S/C24H32N2O3S/c1-18(23(28)25-24(2,3)4)26(17-19-10-9-11-20(16-19)29-5)22(27)14-15-30-21-12-7-6-8-13-21/h6-13,16,18H,14-15,17H2,1-5H3,(H,25,28). The molecule has 6 heteroatoms. The van der Waals surface area contributed by atoms with Crippen molar-refractivity contribution in [2.45, 2.75) is 57.1 Å². The van der Waals surface area contributed by atoms with Gasteiger partial charge in [-0.3, -0.25) is 9.59 Å². The molecule has 2 rings (SSSR count). The average Bonchev–Trinajstić information content (AvgIpc) is 2.71. The molecule has 0 saturated carbocycles. The number of methoxy groups -OCH3 is 1. The van der Waals surface area contributed by atoms with Crippen LogP contribution in [0.1, 0.15) is 39.7 Å². The van der Waals surface area contributed by atoms with Crippen molar-refractivity contribution in [3.05, 3.63) is 60.2 Å². The molecule has 1 atom stereocenters. The minimum Gasteiger partial charge on any atom is -0.497 e. The Bertz CT molecular complexity index is 834. The molecule has 30 heavy (non-hydrogen) atoms. The molecule has 2 aromatic rings. The molecule has 0 aliphatic carbocycles. The van der Waals surface area contributed by atoms with Gasteiger partial charge in [0.25, 0.3) is 0 Å². The van der Waals surface area contributed by atoms with Crippen LogP contribution in [0.5, 0.6) is 5.75 Å². The number of ether oxygens (including phenoxy) is 1. The Balaban J connectivity index is 2.12. The lowest BCUT2D eigenvalue weighted by Gasteiger charge is -2.31. The molecule has 0 heterocycles. The van der Waals surface area contributed by atoms with Crippen LogP contribution < -0.4 is 10.1 Å². The SMILES string of the molecule is COc1cccc(CN(C(=O)CCSc2ccccc2)C(C)C(=O)NC(C)(C)C)c1. The number of thioether (sulfide) groups is 1. The highest BCUT2D eigenvalue weighted by Crippen LogP contribution is 2.20. The van der Waals surface area contributed by atoms with Crippen LogP contribution in [0, 0.1) is 0 Å². The van der Waals surface area contributed by atoms with Gasteiger partial charge in [0.2, 0.25) is 11.8 Å². The summed E-state index contributed by atoms with van der Waals surface area (Å²) in [7, 11) is 1.61. The summed E-state index contributed by atoms with van der Waals surface area (Å²) in [5.41, 5.74) is 0.563. The summed E-state index contributed by atoms with van der Waals surface area (Å²) in [4.78, 5) is 28.7. The van der Waals surface area contributed by atoms with Gasteiger partial charge in [0.1, 0.15) is 11.8 Å². The number of carbonyl (C=O) groups excluding carboxylic acids is 2. The van der Waals surface area contributed by atoms with E-state index in [9.17, 15) is 9.59 Å². The van der Waals surface area contributed by atoms with E-state index in [0.717, 1.165) is 16.2 Å². The molecule has 2 amide bonds. The maximum atomic E-state index is 13.1. The number of hydrogen-bond acceptors (Lipinski definition) is 4. The smallest absolute Gasteiger partial charge is 0.242 e. The third-order valence-electron chi connectivity index (χ3n) is 4.48. The molecule has 1 N–H and O–H groups in total. The number of hydrogen-bond donors (Lipinski definition) is 1. The lowest BCUT2D eigenvalue weighted by Crippen LogP contribution is -2.52. The maximum absolute atomic E-state index is 13.1. The summed E-state index contributed by atoms with van der Waals surface area (Å²) in [5.74, 6) is 1.18. The van der Waals surface area contributed by atoms with E-state index in [4.69, 9.17) is 4.74 Å². The lowest BCUT2D eigenvalue weighted by molar-refractivity contribution is -0.140. The van der Waals surface area contributed by atoms with Crippen LogP contribution in [-0.4, -0.2) is 41.2 Å². The number of nitrogens with one attached hydrogen (secondary N) is 1. The van der Waals surface area contributed by atoms with E-state index < -0.39 is 6.04 Å². The Morgan fingerprint density at radius 1 is 1.10 bits per heavy atom. The van der Waals surface area contributed by atoms with E-state index in [1.807, 2.05) is 75.4 Å². The van der Waals surface area contributed by atoms with Gasteiger partial charge in [-0.05, 0) is 57.5 Å². The zero-order chi connectivity index (χ0) is 22.1. The van der Waals surface area contributed by atoms with Gasteiger partial charge >= 0.3 is 0 Å². The van der Waals surface area contributed by atoms with Crippen molar-refractivity contribution in [1.29, 1.82) is 0 Å². The van der Waals surface area contributed by atoms with Gasteiger partial charge in [0.05, 0.1) is 7.11 Å². The fraction of sp³-hybridized carbons (Fsp3) is 0.417. The second-order valence-corrected chi connectivity index (χ2v) is 9.37. The van der Waals surface area contributed by atoms with Crippen molar-refractivity contribution in [2.24, 2.45) is 0 Å². The van der Waals surface area contributed by atoms with Crippen molar-refractivity contribution in [3.8, 4) is 5.75 Å². The van der Waals surface area contributed by atoms with E-state index in [1.54, 1.807) is 30.7 Å². The molecular formula is C24H32N2O3S. The van der Waals surface area contributed by atoms with Crippen LogP contribution in [0.2, 0.25) is 0 Å². The normalized spacial score (nSPS) is 12.2. The first-order valence-electron chi connectivity index (χ1n) is 10.1. The second-order valence-electron chi connectivity index (χ2n) is 8.20. The number of benzene rings is 2. The van der Waals surface area contributed by atoms with Crippen molar-refractivity contribution < 1.29 is 14.3 Å². The Kier molecular flexibility index (Phi) is 8.78. The molecule has 0 bridgehead atoms. The maximum Gasteiger partial charge on any atom is 0.242 e. The highest BCUT2D eigenvalue weighted by molar-refractivity contribution is 7.99. The predicted octanol–water partition coefficient (Wildman–Crippen LogP) is 4.51. The topological polar surface area (TPSA) is 58.6 Å². The van der Waals surface area contributed by atoms with E-state index in [-0.39, 0.29) is 17.4 Å². The van der Waals surface area contributed by atoms with Crippen LogP contribution in [0.15, 0.2) is 59.5 Å². The third kappa shape index (κ3) is 7.75. The quantitative estimate of drug-likeness (QED) is 0.597. The molecule has 0 aliphatic rings. The molecule has 0 spiro atoms. The van der Waals surface area contributed by atoms with Gasteiger partial charge in [0, 0.05) is 29.2 Å². The van der Waals surface area contributed by atoms with E-state index >= 15 is 0 Å². The summed E-state index contributed by atoms with van der Waals surface area (Å²) < 4.78 is 5.30. The van der Waals surface area contributed by atoms with Gasteiger partial charge in [-0.15, -0.1) is 11.8 Å². The van der Waals surface area contributed by atoms with Crippen LogP contribution in [0.25, 0.3) is 0 Å². The number of amides is 2. The summed E-state index contributed by atoms with van der Waals surface area (Å²) >= 11 is 1.64. The number of nitrogens with zero attached hydrogens (tertiary/aromatic N) is 1. The fourth-order valence-corrected chi connectivity index (χ4v) is 3.80. The third-order valence-corrected chi connectivity index (χ3v) is 5.49. The van der Waals surface area contributed by atoms with Gasteiger partial charge in [-0.1, -0.05) is 30.3 Å². The first kappa shape index (κ1) is 23.8. The van der Waals surface area contributed by atoms with Crippen LogP contribution in [-0.2, 0) is 16.1 Å². The van der Waals surface area contributed by atoms with Gasteiger partial charge in [-0.25, -0.2) is 0 Å². The van der Waals surface area contributed by atoms with Gasteiger partial charge < -0.3 is 15.0 Å². The summed E-state index contributed by atoms with van der Waals surface area (Å²) in [6.07, 6.45) is 0.358. The van der Waals surface area contributed by atoms with Crippen molar-refractivity contribution >= 4 is 23.6 Å². The second kappa shape index (κ2) is 11.1. The monoisotopic (exact) mass is 428 g/mol. The van der Waals surface area contributed by atoms with E-state index in [0.29, 0.717) is 18.7 Å². The van der Waals surface area contributed by atoms with E-state index in [1.165, 1.54) is 0 Å². The largest absolute Gasteiger partial charge is 0.497 e. The summed E-state index contributed by atoms with van der Waals surface area (Å²) in [6.45, 7) is 7.93.